The van der Waals surface area contributed by atoms with Crippen molar-refractivity contribution < 1.29 is 19.0 Å². The van der Waals surface area contributed by atoms with E-state index >= 15 is 0 Å². The Hall–Kier alpha value is -2.80. The molecule has 1 aromatic heterocycles. The SMILES string of the molecule is COCCOc1ccc(C(=O)NCCn2c(C)cc(OC)cc2=O)cc1. The third-order valence-electron chi connectivity index (χ3n) is 3.84. The van der Waals surface area contributed by atoms with Crippen molar-refractivity contribution in [1.29, 1.82) is 0 Å². The van der Waals surface area contributed by atoms with Gasteiger partial charge in [-0.1, -0.05) is 0 Å². The van der Waals surface area contributed by atoms with Gasteiger partial charge in [0.25, 0.3) is 11.5 Å². The number of aromatic nitrogens is 1. The van der Waals surface area contributed by atoms with Crippen LogP contribution in [0.1, 0.15) is 16.1 Å². The molecule has 0 saturated carbocycles. The van der Waals surface area contributed by atoms with Crippen molar-refractivity contribution >= 4 is 5.91 Å². The number of hydrogen-bond acceptors (Lipinski definition) is 5. The topological polar surface area (TPSA) is 78.8 Å². The van der Waals surface area contributed by atoms with Crippen LogP contribution in [0.3, 0.4) is 0 Å². The van der Waals surface area contributed by atoms with Crippen molar-refractivity contribution in [3.05, 3.63) is 58.0 Å². The predicted octanol–water partition coefficient (Wildman–Crippen LogP) is 1.62. The average Bonchev–Trinajstić information content (AvgIpc) is 2.64. The van der Waals surface area contributed by atoms with E-state index in [1.54, 1.807) is 42.0 Å². The van der Waals surface area contributed by atoms with Crippen LogP contribution in [-0.4, -0.2) is 44.5 Å². The fourth-order valence-corrected chi connectivity index (χ4v) is 2.43. The number of carbonyl (C=O) groups is 1. The second kappa shape index (κ2) is 9.62. The molecule has 2 rings (SSSR count). The van der Waals surface area contributed by atoms with Crippen LogP contribution < -0.4 is 20.3 Å². The summed E-state index contributed by atoms with van der Waals surface area (Å²) in [5.41, 5.74) is 1.15. The lowest BCUT2D eigenvalue weighted by molar-refractivity contribution is 0.0952. The van der Waals surface area contributed by atoms with Crippen molar-refractivity contribution in [3.8, 4) is 11.5 Å². The quantitative estimate of drug-likeness (QED) is 0.688. The van der Waals surface area contributed by atoms with Gasteiger partial charge in [-0.2, -0.15) is 0 Å². The lowest BCUT2D eigenvalue weighted by Crippen LogP contribution is -2.31. The van der Waals surface area contributed by atoms with E-state index in [0.29, 0.717) is 43.4 Å². The summed E-state index contributed by atoms with van der Waals surface area (Å²) in [5, 5.41) is 2.81. The molecule has 0 bridgehead atoms. The van der Waals surface area contributed by atoms with Gasteiger partial charge in [-0.15, -0.1) is 0 Å². The molecule has 1 amide bonds. The number of aryl methyl sites for hydroxylation is 1. The molecule has 2 aromatic rings. The van der Waals surface area contributed by atoms with Crippen molar-refractivity contribution in [3.63, 3.8) is 0 Å². The second-order valence-electron chi connectivity index (χ2n) is 5.65. The van der Waals surface area contributed by atoms with E-state index in [4.69, 9.17) is 14.2 Å². The lowest BCUT2D eigenvalue weighted by Gasteiger charge is -2.12. The first-order chi connectivity index (χ1) is 12.5. The number of benzene rings is 1. The van der Waals surface area contributed by atoms with Crippen molar-refractivity contribution in [2.24, 2.45) is 0 Å². The monoisotopic (exact) mass is 360 g/mol. The van der Waals surface area contributed by atoms with Gasteiger partial charge in [0.15, 0.2) is 0 Å². The summed E-state index contributed by atoms with van der Waals surface area (Å²) in [5.74, 6) is 1.01. The highest BCUT2D eigenvalue weighted by atomic mass is 16.5. The molecular formula is C19H24N2O5. The van der Waals surface area contributed by atoms with Crippen LogP contribution in [0, 0.1) is 6.92 Å². The van der Waals surface area contributed by atoms with Gasteiger partial charge in [0.2, 0.25) is 0 Å². The molecule has 1 N–H and O–H groups in total. The minimum Gasteiger partial charge on any atom is -0.496 e. The highest BCUT2D eigenvalue weighted by molar-refractivity contribution is 5.94. The highest BCUT2D eigenvalue weighted by Gasteiger charge is 2.07. The van der Waals surface area contributed by atoms with Crippen molar-refractivity contribution in [2.45, 2.75) is 13.5 Å². The van der Waals surface area contributed by atoms with E-state index in [2.05, 4.69) is 5.32 Å². The molecule has 140 valence electrons. The van der Waals surface area contributed by atoms with Gasteiger partial charge in [0, 0.05) is 37.5 Å². The largest absolute Gasteiger partial charge is 0.496 e. The van der Waals surface area contributed by atoms with Crippen LogP contribution in [0.15, 0.2) is 41.2 Å². The fourth-order valence-electron chi connectivity index (χ4n) is 2.43. The van der Waals surface area contributed by atoms with E-state index in [9.17, 15) is 9.59 Å². The third kappa shape index (κ3) is 5.35. The number of amides is 1. The van der Waals surface area contributed by atoms with E-state index in [-0.39, 0.29) is 11.5 Å². The van der Waals surface area contributed by atoms with Gasteiger partial charge in [0.05, 0.1) is 13.7 Å². The molecule has 1 heterocycles. The Morgan fingerprint density at radius 3 is 2.42 bits per heavy atom. The maximum Gasteiger partial charge on any atom is 0.254 e. The van der Waals surface area contributed by atoms with Gasteiger partial charge >= 0.3 is 0 Å². The number of carbonyl (C=O) groups excluding carboxylic acids is 1. The van der Waals surface area contributed by atoms with Gasteiger partial charge in [-0.05, 0) is 37.3 Å². The van der Waals surface area contributed by atoms with Crippen LogP contribution in [0.25, 0.3) is 0 Å². The normalized spacial score (nSPS) is 10.4. The molecule has 0 fully saturated rings. The van der Waals surface area contributed by atoms with Gasteiger partial charge in [-0.3, -0.25) is 9.59 Å². The molecule has 0 saturated heterocycles. The summed E-state index contributed by atoms with van der Waals surface area (Å²) >= 11 is 0. The first-order valence-corrected chi connectivity index (χ1v) is 8.30. The zero-order chi connectivity index (χ0) is 18.9. The van der Waals surface area contributed by atoms with Gasteiger partial charge in [-0.25, -0.2) is 0 Å². The van der Waals surface area contributed by atoms with E-state index in [0.717, 1.165) is 5.69 Å². The Morgan fingerprint density at radius 1 is 1.08 bits per heavy atom. The maximum absolute atomic E-state index is 12.2. The molecule has 0 radical (unpaired) electrons. The molecule has 0 aliphatic rings. The van der Waals surface area contributed by atoms with Gasteiger partial charge < -0.3 is 24.1 Å². The maximum atomic E-state index is 12.2. The van der Waals surface area contributed by atoms with Crippen LogP contribution in [0.5, 0.6) is 11.5 Å². The van der Waals surface area contributed by atoms with Gasteiger partial charge in [0.1, 0.15) is 18.1 Å². The zero-order valence-corrected chi connectivity index (χ0v) is 15.3. The zero-order valence-electron chi connectivity index (χ0n) is 15.3. The number of nitrogens with zero attached hydrogens (tertiary/aromatic N) is 1. The molecule has 1 aromatic carbocycles. The molecule has 0 unspecified atom stereocenters. The summed E-state index contributed by atoms with van der Waals surface area (Å²) in [6.45, 7) is 3.52. The third-order valence-corrected chi connectivity index (χ3v) is 3.84. The van der Waals surface area contributed by atoms with E-state index in [1.165, 1.54) is 13.2 Å². The van der Waals surface area contributed by atoms with Crippen LogP contribution in [0.4, 0.5) is 0 Å². The smallest absolute Gasteiger partial charge is 0.254 e. The molecule has 26 heavy (non-hydrogen) atoms. The van der Waals surface area contributed by atoms with E-state index < -0.39 is 0 Å². The lowest BCUT2D eigenvalue weighted by atomic mass is 10.2. The van der Waals surface area contributed by atoms with E-state index in [1.807, 2.05) is 6.92 Å². The second-order valence-corrected chi connectivity index (χ2v) is 5.65. The summed E-state index contributed by atoms with van der Waals surface area (Å²) < 4.78 is 17.0. The Labute approximate surface area is 152 Å². The fraction of sp³-hybridized carbons (Fsp3) is 0.368. The Balaban J connectivity index is 1.88. The first-order valence-electron chi connectivity index (χ1n) is 8.30. The summed E-state index contributed by atoms with van der Waals surface area (Å²) in [4.78, 5) is 24.3. The number of ether oxygens (including phenoxy) is 3. The summed E-state index contributed by atoms with van der Waals surface area (Å²) in [6.07, 6.45) is 0. The minimum absolute atomic E-state index is 0.159. The summed E-state index contributed by atoms with van der Waals surface area (Å²) in [7, 11) is 3.13. The average molecular weight is 360 g/mol. The van der Waals surface area contributed by atoms with Crippen molar-refractivity contribution in [1.82, 2.24) is 9.88 Å². The Morgan fingerprint density at radius 2 is 1.81 bits per heavy atom. The molecule has 0 atom stereocenters. The molecule has 0 aliphatic heterocycles. The number of hydrogen-bond donors (Lipinski definition) is 1. The number of methoxy groups -OCH3 is 2. The molecule has 0 aliphatic carbocycles. The Bertz CT molecular complexity index is 784. The highest BCUT2D eigenvalue weighted by Crippen LogP contribution is 2.12. The molecule has 7 nitrogen and oxygen atoms in total. The number of nitrogens with one attached hydrogen (secondary N) is 1. The number of rotatable bonds is 9. The molecular weight excluding hydrogens is 336 g/mol. The predicted molar refractivity (Wildman–Crippen MR) is 98.1 cm³/mol. The first kappa shape index (κ1) is 19.5. The minimum atomic E-state index is -0.201. The summed E-state index contributed by atoms with van der Waals surface area (Å²) in [6, 6.07) is 10.1. The molecule has 7 heteroatoms. The van der Waals surface area contributed by atoms with Crippen molar-refractivity contribution in [2.75, 3.05) is 34.0 Å². The Kier molecular flexibility index (Phi) is 7.23. The standard InChI is InChI=1S/C19H24N2O5/c1-14-12-17(25-3)13-18(22)21(14)9-8-20-19(23)15-4-6-16(7-5-15)26-11-10-24-2/h4-7,12-13H,8-11H2,1-3H3,(H,20,23). The molecule has 0 spiro atoms. The van der Waals surface area contributed by atoms with Crippen LogP contribution >= 0.6 is 0 Å². The van der Waals surface area contributed by atoms with Crippen LogP contribution in [0.2, 0.25) is 0 Å². The number of pyridine rings is 1. The van der Waals surface area contributed by atoms with Crippen LogP contribution in [-0.2, 0) is 11.3 Å².